The van der Waals surface area contributed by atoms with Gasteiger partial charge in [0.1, 0.15) is 5.82 Å². The lowest BCUT2D eigenvalue weighted by Gasteiger charge is -2.09. The smallest absolute Gasteiger partial charge is 0.308 e. The number of aromatic nitrogens is 2. The summed E-state index contributed by atoms with van der Waals surface area (Å²) in [5.74, 6) is -0.352. The number of nitrogens with one attached hydrogen (secondary N) is 2. The van der Waals surface area contributed by atoms with Gasteiger partial charge in [-0.3, -0.25) is 0 Å². The minimum absolute atomic E-state index is 0.352. The van der Waals surface area contributed by atoms with Crippen molar-refractivity contribution in [2.45, 2.75) is 13.8 Å². The van der Waals surface area contributed by atoms with Gasteiger partial charge in [0.05, 0.1) is 22.4 Å². The highest BCUT2D eigenvalue weighted by molar-refractivity contribution is 6.00. The molecular weight excluding hydrogens is 295 g/mol. The molecule has 0 fully saturated rings. The van der Waals surface area contributed by atoms with Crippen LogP contribution in [0.3, 0.4) is 0 Å². The van der Waals surface area contributed by atoms with E-state index in [1.165, 1.54) is 24.3 Å². The lowest BCUT2D eigenvalue weighted by Crippen LogP contribution is -2.19. The second kappa shape index (κ2) is 6.00. The highest BCUT2D eigenvalue weighted by Crippen LogP contribution is 2.18. The Bertz CT molecular complexity index is 878. The predicted molar refractivity (Wildman–Crippen MR) is 88.1 cm³/mol. The number of rotatable bonds is 2. The van der Waals surface area contributed by atoms with Crippen molar-refractivity contribution >= 4 is 28.4 Å². The third-order valence-corrected chi connectivity index (χ3v) is 3.44. The number of fused-ring (bicyclic) bond motifs is 1. The van der Waals surface area contributed by atoms with Crippen LogP contribution >= 0.6 is 0 Å². The van der Waals surface area contributed by atoms with Crippen LogP contribution in [-0.2, 0) is 0 Å². The van der Waals surface area contributed by atoms with Crippen molar-refractivity contribution in [2.75, 3.05) is 10.6 Å². The van der Waals surface area contributed by atoms with Crippen LogP contribution in [0.1, 0.15) is 11.4 Å². The molecule has 0 unspecified atom stereocenters. The first-order valence-corrected chi connectivity index (χ1v) is 7.10. The van der Waals surface area contributed by atoms with Crippen LogP contribution in [0, 0.1) is 19.7 Å². The Balaban J connectivity index is 1.76. The van der Waals surface area contributed by atoms with Crippen LogP contribution < -0.4 is 10.6 Å². The van der Waals surface area contributed by atoms with E-state index in [-0.39, 0.29) is 5.82 Å². The standard InChI is InChI=1S/C17H15FN4O/c1-10-11(2)20-16-9-14(7-8-15(16)19-10)22-17(23)21-13-5-3-12(18)4-6-13/h3-9H,1-2H3,(H2,21,22,23). The largest absolute Gasteiger partial charge is 0.323 e. The topological polar surface area (TPSA) is 66.9 Å². The number of halogens is 1. The third-order valence-electron chi connectivity index (χ3n) is 3.44. The van der Waals surface area contributed by atoms with Crippen molar-refractivity contribution in [1.82, 2.24) is 9.97 Å². The summed E-state index contributed by atoms with van der Waals surface area (Å²) in [6.07, 6.45) is 0. The van der Waals surface area contributed by atoms with Crippen molar-refractivity contribution in [1.29, 1.82) is 0 Å². The summed E-state index contributed by atoms with van der Waals surface area (Å²) < 4.78 is 12.8. The molecule has 0 aliphatic carbocycles. The number of benzene rings is 2. The van der Waals surface area contributed by atoms with E-state index in [2.05, 4.69) is 20.6 Å². The minimum Gasteiger partial charge on any atom is -0.308 e. The number of amides is 2. The van der Waals surface area contributed by atoms with Gasteiger partial charge in [-0.25, -0.2) is 19.2 Å². The second-order valence-electron chi connectivity index (χ2n) is 5.18. The lowest BCUT2D eigenvalue weighted by molar-refractivity contribution is 0.262. The van der Waals surface area contributed by atoms with Crippen LogP contribution in [0.2, 0.25) is 0 Å². The number of urea groups is 1. The number of carbonyl (C=O) groups is 1. The zero-order valence-corrected chi connectivity index (χ0v) is 12.7. The Morgan fingerprint density at radius 1 is 0.870 bits per heavy atom. The average molecular weight is 310 g/mol. The molecular formula is C17H15FN4O. The fourth-order valence-corrected chi connectivity index (χ4v) is 2.14. The highest BCUT2D eigenvalue weighted by atomic mass is 19.1. The van der Waals surface area contributed by atoms with Crippen LogP contribution in [0.15, 0.2) is 42.5 Å². The van der Waals surface area contributed by atoms with Gasteiger partial charge in [-0.05, 0) is 56.3 Å². The Kier molecular flexibility index (Phi) is 3.89. The van der Waals surface area contributed by atoms with E-state index in [9.17, 15) is 9.18 Å². The molecule has 0 spiro atoms. The van der Waals surface area contributed by atoms with Crippen LogP contribution in [0.4, 0.5) is 20.6 Å². The first-order valence-electron chi connectivity index (χ1n) is 7.10. The van der Waals surface area contributed by atoms with Crippen LogP contribution in [0.5, 0.6) is 0 Å². The summed E-state index contributed by atoms with van der Waals surface area (Å²) in [7, 11) is 0. The number of hydrogen-bond acceptors (Lipinski definition) is 3. The first-order chi connectivity index (χ1) is 11.0. The summed E-state index contributed by atoms with van der Waals surface area (Å²) in [5.41, 5.74) is 4.34. The molecule has 0 radical (unpaired) electrons. The Hall–Kier alpha value is -3.02. The van der Waals surface area contributed by atoms with Gasteiger partial charge in [0.25, 0.3) is 0 Å². The maximum absolute atomic E-state index is 12.8. The van der Waals surface area contributed by atoms with E-state index in [0.29, 0.717) is 16.9 Å². The Morgan fingerprint density at radius 3 is 2.13 bits per heavy atom. The zero-order valence-electron chi connectivity index (χ0n) is 12.7. The summed E-state index contributed by atoms with van der Waals surface area (Å²) in [5, 5.41) is 5.35. The summed E-state index contributed by atoms with van der Waals surface area (Å²) in [4.78, 5) is 20.9. The maximum atomic E-state index is 12.8. The molecule has 2 amide bonds. The average Bonchev–Trinajstić information content (AvgIpc) is 2.51. The van der Waals surface area contributed by atoms with Crippen molar-refractivity contribution in [3.63, 3.8) is 0 Å². The molecule has 0 saturated heterocycles. The molecule has 3 rings (SSSR count). The predicted octanol–water partition coefficient (Wildman–Crippen LogP) is 4.03. The quantitative estimate of drug-likeness (QED) is 0.751. The van der Waals surface area contributed by atoms with Crippen molar-refractivity contribution in [3.05, 3.63) is 59.7 Å². The van der Waals surface area contributed by atoms with E-state index in [1.54, 1.807) is 12.1 Å². The van der Waals surface area contributed by atoms with E-state index >= 15 is 0 Å². The molecule has 3 aromatic rings. The second-order valence-corrected chi connectivity index (χ2v) is 5.18. The molecule has 23 heavy (non-hydrogen) atoms. The third kappa shape index (κ3) is 3.42. The molecule has 116 valence electrons. The summed E-state index contributed by atoms with van der Waals surface area (Å²) in [6, 6.07) is 10.5. The molecule has 6 heteroatoms. The molecule has 2 aromatic carbocycles. The van der Waals surface area contributed by atoms with Gasteiger partial charge < -0.3 is 10.6 Å². The molecule has 2 N–H and O–H groups in total. The van der Waals surface area contributed by atoms with E-state index in [1.807, 2.05) is 19.9 Å². The van der Waals surface area contributed by atoms with Gasteiger partial charge in [0.15, 0.2) is 0 Å². The van der Waals surface area contributed by atoms with Gasteiger partial charge >= 0.3 is 6.03 Å². The van der Waals surface area contributed by atoms with Crippen molar-refractivity contribution < 1.29 is 9.18 Å². The fourth-order valence-electron chi connectivity index (χ4n) is 2.14. The molecule has 0 aliphatic rings. The maximum Gasteiger partial charge on any atom is 0.323 e. The van der Waals surface area contributed by atoms with E-state index in [4.69, 9.17) is 0 Å². The molecule has 5 nitrogen and oxygen atoms in total. The fraction of sp³-hybridized carbons (Fsp3) is 0.118. The van der Waals surface area contributed by atoms with Gasteiger partial charge in [-0.1, -0.05) is 0 Å². The zero-order chi connectivity index (χ0) is 16.4. The number of anilines is 2. The van der Waals surface area contributed by atoms with E-state index < -0.39 is 6.03 Å². The van der Waals surface area contributed by atoms with Gasteiger partial charge in [-0.2, -0.15) is 0 Å². The SMILES string of the molecule is Cc1nc2ccc(NC(=O)Nc3ccc(F)cc3)cc2nc1C. The molecule has 1 aromatic heterocycles. The number of hydrogen-bond donors (Lipinski definition) is 2. The van der Waals surface area contributed by atoms with E-state index in [0.717, 1.165) is 16.9 Å². The van der Waals surface area contributed by atoms with Crippen LogP contribution in [-0.4, -0.2) is 16.0 Å². The molecule has 0 saturated carbocycles. The number of nitrogens with zero attached hydrogens (tertiary/aromatic N) is 2. The van der Waals surface area contributed by atoms with Gasteiger partial charge in [-0.15, -0.1) is 0 Å². The molecule has 0 atom stereocenters. The van der Waals surface area contributed by atoms with Crippen molar-refractivity contribution in [2.24, 2.45) is 0 Å². The minimum atomic E-state index is -0.409. The Labute approximate surface area is 132 Å². The summed E-state index contributed by atoms with van der Waals surface area (Å²) in [6.45, 7) is 3.80. The number of aryl methyl sites for hydroxylation is 2. The monoisotopic (exact) mass is 310 g/mol. The summed E-state index contributed by atoms with van der Waals surface area (Å²) >= 11 is 0. The molecule has 1 heterocycles. The lowest BCUT2D eigenvalue weighted by atomic mass is 10.2. The number of carbonyl (C=O) groups excluding carboxylic acids is 1. The normalized spacial score (nSPS) is 10.6. The van der Waals surface area contributed by atoms with Gasteiger partial charge in [0.2, 0.25) is 0 Å². The first kappa shape index (κ1) is 14.9. The highest BCUT2D eigenvalue weighted by Gasteiger charge is 2.06. The van der Waals surface area contributed by atoms with Crippen LogP contribution in [0.25, 0.3) is 11.0 Å². The Morgan fingerprint density at radius 2 is 1.43 bits per heavy atom. The van der Waals surface area contributed by atoms with Gasteiger partial charge in [0, 0.05) is 11.4 Å². The molecule has 0 bridgehead atoms. The molecule has 0 aliphatic heterocycles. The van der Waals surface area contributed by atoms with Crippen molar-refractivity contribution in [3.8, 4) is 0 Å².